The van der Waals surface area contributed by atoms with Crippen LogP contribution < -0.4 is 10.1 Å². The van der Waals surface area contributed by atoms with Gasteiger partial charge in [-0.25, -0.2) is 0 Å². The summed E-state index contributed by atoms with van der Waals surface area (Å²) < 4.78 is 6.18. The minimum Gasteiger partial charge on any atom is -0.471 e. The fraction of sp³-hybridized carbons (Fsp3) is 0.158. The van der Waals surface area contributed by atoms with Crippen molar-refractivity contribution in [3.63, 3.8) is 0 Å². The molecular weight excluding hydrogens is 294 g/mol. The molecule has 1 aliphatic heterocycles. The maximum Gasteiger partial charge on any atom is 0.176 e. The van der Waals surface area contributed by atoms with Crippen LogP contribution in [0, 0.1) is 0 Å². The van der Waals surface area contributed by atoms with Crippen molar-refractivity contribution in [1.29, 1.82) is 0 Å². The van der Waals surface area contributed by atoms with Crippen LogP contribution in [-0.4, -0.2) is 0 Å². The molecule has 22 heavy (non-hydrogen) atoms. The fourth-order valence-electron chi connectivity index (χ4n) is 3.10. The maximum absolute atomic E-state index is 6.18. The molecule has 0 saturated heterocycles. The SMILES string of the molecule is CC1NC(c2ccc(Cl)cc2)Oc2ccc3ccccc3c21. The number of fused-ring (bicyclic) bond motifs is 3. The van der Waals surface area contributed by atoms with Crippen molar-refractivity contribution >= 4 is 22.4 Å². The predicted octanol–water partition coefficient (Wildman–Crippen LogP) is 5.24. The molecule has 4 rings (SSSR count). The maximum atomic E-state index is 6.18. The fourth-order valence-corrected chi connectivity index (χ4v) is 3.22. The lowest BCUT2D eigenvalue weighted by molar-refractivity contribution is 0.129. The van der Waals surface area contributed by atoms with E-state index in [1.165, 1.54) is 16.3 Å². The molecule has 2 atom stereocenters. The zero-order valence-corrected chi connectivity index (χ0v) is 13.0. The summed E-state index contributed by atoms with van der Waals surface area (Å²) in [5, 5.41) is 6.75. The predicted molar refractivity (Wildman–Crippen MR) is 90.3 cm³/mol. The Bertz CT molecular complexity index is 828. The Morgan fingerprint density at radius 3 is 2.55 bits per heavy atom. The highest BCUT2D eigenvalue weighted by molar-refractivity contribution is 6.30. The summed E-state index contributed by atoms with van der Waals surface area (Å²) in [6.07, 6.45) is -0.152. The first kappa shape index (κ1) is 13.6. The van der Waals surface area contributed by atoms with Crippen molar-refractivity contribution in [2.24, 2.45) is 0 Å². The number of nitrogens with one attached hydrogen (secondary N) is 1. The third-order valence-corrected chi connectivity index (χ3v) is 4.43. The average Bonchev–Trinajstić information content (AvgIpc) is 2.55. The number of hydrogen-bond acceptors (Lipinski definition) is 2. The summed E-state index contributed by atoms with van der Waals surface area (Å²) in [5.74, 6) is 0.949. The van der Waals surface area contributed by atoms with E-state index in [-0.39, 0.29) is 12.3 Å². The molecule has 0 radical (unpaired) electrons. The normalized spacial score (nSPS) is 20.5. The lowest BCUT2D eigenvalue weighted by Gasteiger charge is -2.33. The highest BCUT2D eigenvalue weighted by atomic mass is 35.5. The van der Waals surface area contributed by atoms with Gasteiger partial charge in [0.25, 0.3) is 0 Å². The molecule has 0 spiro atoms. The van der Waals surface area contributed by atoms with Gasteiger partial charge in [-0.05, 0) is 35.9 Å². The summed E-state index contributed by atoms with van der Waals surface area (Å²) in [5.41, 5.74) is 2.30. The standard InChI is InChI=1S/C19H16ClNO/c1-12-18-16-5-3-2-4-13(16)8-11-17(18)22-19(21-12)14-6-9-15(20)10-7-14/h2-12,19,21H,1H3. The summed E-state index contributed by atoms with van der Waals surface area (Å²) in [7, 11) is 0. The molecule has 0 aromatic heterocycles. The minimum absolute atomic E-state index is 0.152. The Balaban J connectivity index is 1.77. The van der Waals surface area contributed by atoms with Crippen molar-refractivity contribution in [2.45, 2.75) is 19.2 Å². The summed E-state index contributed by atoms with van der Waals surface area (Å²) >= 11 is 5.96. The van der Waals surface area contributed by atoms with Gasteiger partial charge >= 0.3 is 0 Å². The van der Waals surface area contributed by atoms with Gasteiger partial charge in [0.05, 0.1) is 0 Å². The van der Waals surface area contributed by atoms with Gasteiger partial charge in [-0.15, -0.1) is 0 Å². The van der Waals surface area contributed by atoms with Crippen LogP contribution >= 0.6 is 11.6 Å². The number of benzene rings is 3. The lowest BCUT2D eigenvalue weighted by Crippen LogP contribution is -2.33. The molecule has 0 bridgehead atoms. The van der Waals surface area contributed by atoms with E-state index in [1.54, 1.807) is 0 Å². The van der Waals surface area contributed by atoms with Crippen molar-refractivity contribution in [3.8, 4) is 5.75 Å². The minimum atomic E-state index is -0.152. The molecule has 0 saturated carbocycles. The van der Waals surface area contributed by atoms with Crippen LogP contribution in [-0.2, 0) is 0 Å². The van der Waals surface area contributed by atoms with E-state index in [0.29, 0.717) is 0 Å². The largest absolute Gasteiger partial charge is 0.471 e. The van der Waals surface area contributed by atoms with Crippen LogP contribution in [0.15, 0.2) is 60.7 Å². The molecule has 1 aliphatic rings. The molecule has 1 heterocycles. The Hall–Kier alpha value is -2.03. The van der Waals surface area contributed by atoms with E-state index in [4.69, 9.17) is 16.3 Å². The van der Waals surface area contributed by atoms with E-state index >= 15 is 0 Å². The Kier molecular flexibility index (Phi) is 3.29. The monoisotopic (exact) mass is 309 g/mol. The topological polar surface area (TPSA) is 21.3 Å². The van der Waals surface area contributed by atoms with E-state index in [0.717, 1.165) is 16.3 Å². The van der Waals surface area contributed by atoms with Crippen LogP contribution in [0.1, 0.15) is 30.3 Å². The molecule has 110 valence electrons. The summed E-state index contributed by atoms with van der Waals surface area (Å²) in [6, 6.07) is 20.6. The molecule has 0 fully saturated rings. The molecule has 3 aromatic carbocycles. The molecule has 2 unspecified atom stereocenters. The second-order valence-corrected chi connectivity index (χ2v) is 6.07. The average molecular weight is 310 g/mol. The zero-order valence-electron chi connectivity index (χ0n) is 12.2. The first-order chi connectivity index (χ1) is 10.7. The van der Waals surface area contributed by atoms with Crippen LogP contribution in [0.2, 0.25) is 5.02 Å². The Morgan fingerprint density at radius 1 is 0.955 bits per heavy atom. The first-order valence-electron chi connectivity index (χ1n) is 7.42. The van der Waals surface area contributed by atoms with Gasteiger partial charge in [0.1, 0.15) is 5.75 Å². The number of rotatable bonds is 1. The van der Waals surface area contributed by atoms with Gasteiger partial charge in [0, 0.05) is 22.2 Å². The van der Waals surface area contributed by atoms with Crippen molar-refractivity contribution in [3.05, 3.63) is 76.8 Å². The molecule has 0 aliphatic carbocycles. The van der Waals surface area contributed by atoms with Crippen molar-refractivity contribution in [1.82, 2.24) is 5.32 Å². The zero-order chi connectivity index (χ0) is 15.1. The lowest BCUT2D eigenvalue weighted by atomic mass is 9.96. The van der Waals surface area contributed by atoms with Crippen LogP contribution in [0.5, 0.6) is 5.75 Å². The molecule has 3 heteroatoms. The smallest absolute Gasteiger partial charge is 0.176 e. The second kappa shape index (κ2) is 5.31. The number of halogens is 1. The van der Waals surface area contributed by atoms with Gasteiger partial charge < -0.3 is 4.74 Å². The molecular formula is C19H16ClNO. The van der Waals surface area contributed by atoms with Crippen LogP contribution in [0.3, 0.4) is 0 Å². The highest BCUT2D eigenvalue weighted by Crippen LogP contribution is 2.39. The van der Waals surface area contributed by atoms with E-state index in [2.05, 4.69) is 48.6 Å². The van der Waals surface area contributed by atoms with E-state index in [9.17, 15) is 0 Å². The van der Waals surface area contributed by atoms with Gasteiger partial charge in [-0.2, -0.15) is 0 Å². The highest BCUT2D eigenvalue weighted by Gasteiger charge is 2.27. The molecule has 1 N–H and O–H groups in total. The molecule has 2 nitrogen and oxygen atoms in total. The van der Waals surface area contributed by atoms with Gasteiger partial charge in [-0.3, -0.25) is 5.32 Å². The summed E-state index contributed by atoms with van der Waals surface area (Å²) in [6.45, 7) is 2.18. The van der Waals surface area contributed by atoms with Gasteiger partial charge in [0.2, 0.25) is 0 Å². The Labute approximate surface area is 134 Å². The quantitative estimate of drug-likeness (QED) is 0.664. The second-order valence-electron chi connectivity index (χ2n) is 5.64. The third kappa shape index (κ3) is 2.25. The number of ether oxygens (including phenoxy) is 1. The van der Waals surface area contributed by atoms with E-state index in [1.807, 2.05) is 24.3 Å². The first-order valence-corrected chi connectivity index (χ1v) is 7.80. The van der Waals surface area contributed by atoms with E-state index < -0.39 is 0 Å². The number of hydrogen-bond donors (Lipinski definition) is 1. The van der Waals surface area contributed by atoms with Crippen LogP contribution in [0.4, 0.5) is 0 Å². The van der Waals surface area contributed by atoms with Crippen molar-refractivity contribution < 1.29 is 4.74 Å². The van der Waals surface area contributed by atoms with Gasteiger partial charge in [-0.1, -0.05) is 54.1 Å². The van der Waals surface area contributed by atoms with Crippen LogP contribution in [0.25, 0.3) is 10.8 Å². The summed E-state index contributed by atoms with van der Waals surface area (Å²) in [4.78, 5) is 0. The molecule has 0 amide bonds. The van der Waals surface area contributed by atoms with Gasteiger partial charge in [0.15, 0.2) is 6.23 Å². The van der Waals surface area contributed by atoms with Crippen molar-refractivity contribution in [2.75, 3.05) is 0 Å². The Morgan fingerprint density at radius 2 is 1.73 bits per heavy atom. The third-order valence-electron chi connectivity index (χ3n) is 4.18. The molecule has 3 aromatic rings.